The lowest BCUT2D eigenvalue weighted by Gasteiger charge is -2.49. The minimum absolute atomic E-state index is 0.113. The number of anilines is 1. The number of nitrogens with two attached hydrogens (primary N) is 1. The summed E-state index contributed by atoms with van der Waals surface area (Å²) in [6.45, 7) is 0. The molecule has 2 amide bonds. The number of methoxy groups -OCH3 is 1. The maximum absolute atomic E-state index is 13.9. The van der Waals surface area contributed by atoms with Crippen LogP contribution in [0, 0.1) is 0 Å². The predicted molar refractivity (Wildman–Crippen MR) is 162 cm³/mol. The van der Waals surface area contributed by atoms with Crippen LogP contribution in [-0.2, 0) is 28.7 Å². The van der Waals surface area contributed by atoms with Gasteiger partial charge in [-0.05, 0) is 11.1 Å². The number of nitrogen functional groups attached to an aromatic ring is 1. The zero-order chi connectivity index (χ0) is 29.6. The van der Waals surface area contributed by atoms with Crippen LogP contribution in [-0.4, -0.2) is 70.7 Å². The third kappa shape index (κ3) is 6.16. The van der Waals surface area contributed by atoms with Crippen LogP contribution in [0.25, 0.3) is 0 Å². The Balaban J connectivity index is 1.40. The second kappa shape index (κ2) is 13.4. The van der Waals surface area contributed by atoms with Crippen LogP contribution < -0.4 is 11.1 Å². The Labute approximate surface area is 254 Å². The molecule has 2 atom stereocenters. The van der Waals surface area contributed by atoms with Crippen LogP contribution in [0.5, 0.6) is 0 Å². The Hall–Kier alpha value is -3.85. The van der Waals surface area contributed by atoms with Gasteiger partial charge in [0.1, 0.15) is 29.9 Å². The largest absolute Gasteiger partial charge is 0.448 e. The molecule has 1 saturated heterocycles. The molecule has 3 heterocycles. The second-order valence-corrected chi connectivity index (χ2v) is 12.0. The zero-order valence-electron chi connectivity index (χ0n) is 22.6. The van der Waals surface area contributed by atoms with Crippen molar-refractivity contribution in [1.82, 2.24) is 15.2 Å². The van der Waals surface area contributed by atoms with E-state index in [9.17, 15) is 14.4 Å². The number of benzene rings is 2. The van der Waals surface area contributed by atoms with E-state index in [0.29, 0.717) is 10.7 Å². The van der Waals surface area contributed by atoms with Crippen molar-refractivity contribution in [2.75, 3.05) is 31.6 Å². The van der Waals surface area contributed by atoms with Gasteiger partial charge in [-0.15, -0.1) is 23.1 Å². The molecule has 0 bridgehead atoms. The first-order chi connectivity index (χ1) is 20.4. The molecule has 0 aliphatic carbocycles. The number of carbonyl (C=O) groups is 3. The number of β-lactam (4-membered cyclic amide) rings is 1. The summed E-state index contributed by atoms with van der Waals surface area (Å²) < 4.78 is 11.4. The molecular formula is C28H27N5O6S3. The summed E-state index contributed by atoms with van der Waals surface area (Å²) >= 11 is 3.89. The van der Waals surface area contributed by atoms with Crippen molar-refractivity contribution in [2.45, 2.75) is 17.5 Å². The number of nitrogens with one attached hydrogen (secondary N) is 1. The van der Waals surface area contributed by atoms with E-state index < -0.39 is 35.3 Å². The first kappa shape index (κ1) is 29.6. The van der Waals surface area contributed by atoms with Crippen molar-refractivity contribution in [1.29, 1.82) is 0 Å². The highest BCUT2D eigenvalue weighted by Gasteiger charge is 2.55. The predicted octanol–water partition coefficient (Wildman–Crippen LogP) is 3.36. The second-order valence-electron chi connectivity index (χ2n) is 8.98. The molecule has 11 nitrogen and oxygen atoms in total. The minimum atomic E-state index is -0.906. The minimum Gasteiger partial charge on any atom is -0.448 e. The lowest BCUT2D eigenvalue weighted by Crippen LogP contribution is -2.71. The van der Waals surface area contributed by atoms with E-state index in [-0.39, 0.29) is 28.2 Å². The Morgan fingerprint density at radius 3 is 2.38 bits per heavy atom. The molecule has 2 aromatic carbocycles. The Kier molecular flexibility index (Phi) is 9.47. The first-order valence-electron chi connectivity index (χ1n) is 12.7. The summed E-state index contributed by atoms with van der Waals surface area (Å²) in [5, 5.41) is 7.81. The summed E-state index contributed by atoms with van der Waals surface area (Å²) in [6.07, 6.45) is -0.695. The Bertz CT molecular complexity index is 1470. The number of hydrogen-bond acceptors (Lipinski definition) is 12. The Morgan fingerprint density at radius 2 is 1.81 bits per heavy atom. The van der Waals surface area contributed by atoms with Gasteiger partial charge in [-0.1, -0.05) is 77.6 Å². The van der Waals surface area contributed by atoms with Crippen LogP contribution in [0.2, 0.25) is 0 Å². The van der Waals surface area contributed by atoms with E-state index in [2.05, 4.69) is 15.5 Å². The lowest BCUT2D eigenvalue weighted by atomic mass is 10.0. The van der Waals surface area contributed by atoms with Gasteiger partial charge in [0.15, 0.2) is 16.9 Å². The number of nitrogens with zero attached hydrogens (tertiary/aromatic N) is 3. The summed E-state index contributed by atoms with van der Waals surface area (Å²) in [5.41, 5.74) is 7.56. The van der Waals surface area contributed by atoms with E-state index in [1.807, 2.05) is 60.7 Å². The maximum atomic E-state index is 13.9. The van der Waals surface area contributed by atoms with Gasteiger partial charge in [-0.25, -0.2) is 9.78 Å². The number of esters is 1. The van der Waals surface area contributed by atoms with Gasteiger partial charge in [0.25, 0.3) is 11.8 Å². The monoisotopic (exact) mass is 625 g/mol. The average molecular weight is 626 g/mol. The highest BCUT2D eigenvalue weighted by Crippen LogP contribution is 2.44. The van der Waals surface area contributed by atoms with Gasteiger partial charge in [0.05, 0.1) is 5.94 Å². The molecule has 1 aromatic heterocycles. The van der Waals surface area contributed by atoms with E-state index in [1.54, 1.807) is 12.5 Å². The van der Waals surface area contributed by atoms with Crippen LogP contribution in [0.15, 0.2) is 81.8 Å². The highest BCUT2D eigenvalue weighted by atomic mass is 32.2. The number of carbonyl (C=O) groups excluding carboxylic acids is 3. The van der Waals surface area contributed by atoms with E-state index in [0.717, 1.165) is 22.5 Å². The third-order valence-corrected chi connectivity index (χ3v) is 9.53. The van der Waals surface area contributed by atoms with Crippen LogP contribution in [0.1, 0.15) is 22.9 Å². The van der Waals surface area contributed by atoms with Crippen molar-refractivity contribution in [3.63, 3.8) is 0 Å². The molecule has 0 radical (unpaired) electrons. The highest BCUT2D eigenvalue weighted by molar-refractivity contribution is 8.06. The number of thioether (sulfide) groups is 2. The van der Waals surface area contributed by atoms with Gasteiger partial charge in [0.2, 0.25) is 0 Å². The fraction of sp³-hybridized carbons (Fsp3) is 0.250. The van der Waals surface area contributed by atoms with Gasteiger partial charge >= 0.3 is 5.97 Å². The number of thiazole rings is 1. The molecule has 218 valence electrons. The molecule has 3 aromatic rings. The molecular weight excluding hydrogens is 599 g/mol. The molecule has 14 heteroatoms. The van der Waals surface area contributed by atoms with Crippen molar-refractivity contribution in [3.05, 3.63) is 93.5 Å². The fourth-order valence-electron chi connectivity index (χ4n) is 4.47. The number of oxime groups is 1. The van der Waals surface area contributed by atoms with Crippen LogP contribution in [0.3, 0.4) is 0 Å². The number of rotatable bonds is 11. The quantitative estimate of drug-likeness (QED) is 0.107. The molecule has 0 unspecified atom stereocenters. The Morgan fingerprint density at radius 1 is 1.14 bits per heavy atom. The topological polar surface area (TPSA) is 145 Å². The standard InChI is InChI=1S/C28H27N5O6S3/c1-37-15-42-19-14-40-26-21(31-24(34)20(32-38-2)18-13-41-28(29)30-18)25(35)33(26)22(19)27(36)39-23(16-9-5-3-6-10-16)17-11-7-4-8-12-17/h3-13,21,23,26H,14-15H2,1-2H3,(H2,29,30)(H,31,34)/b32-20+/t21-,26-/m1/s1. The van der Waals surface area contributed by atoms with Crippen molar-refractivity contribution >= 4 is 63.5 Å². The number of amides is 2. The van der Waals surface area contributed by atoms with Crippen molar-refractivity contribution in [3.8, 4) is 0 Å². The first-order valence-corrected chi connectivity index (χ1v) is 15.6. The summed E-state index contributed by atoms with van der Waals surface area (Å²) in [7, 11) is 2.86. The van der Waals surface area contributed by atoms with E-state index in [1.165, 1.54) is 35.5 Å². The van der Waals surface area contributed by atoms with Crippen LogP contribution >= 0.6 is 34.9 Å². The number of aromatic nitrogens is 1. The van der Waals surface area contributed by atoms with Gasteiger partial charge < -0.3 is 25.4 Å². The number of ether oxygens (including phenoxy) is 2. The zero-order valence-corrected chi connectivity index (χ0v) is 25.0. The maximum Gasteiger partial charge on any atom is 0.356 e. The summed E-state index contributed by atoms with van der Waals surface area (Å²) in [4.78, 5) is 51.5. The van der Waals surface area contributed by atoms with Crippen LogP contribution in [0.4, 0.5) is 5.13 Å². The average Bonchev–Trinajstić information content (AvgIpc) is 3.45. The SMILES string of the molecule is COCSC1=C(C(=O)OC(c2ccccc2)c2ccccc2)N2C(=O)[C@@H](NC(=O)/C(=N/OC)c3csc(N)n3)[C@H]2SC1. The summed E-state index contributed by atoms with van der Waals surface area (Å²) in [5.74, 6) is -1.04. The van der Waals surface area contributed by atoms with E-state index in [4.69, 9.17) is 20.0 Å². The molecule has 0 spiro atoms. The fourth-order valence-corrected chi connectivity index (χ4v) is 7.33. The van der Waals surface area contributed by atoms with Crippen molar-refractivity contribution in [2.24, 2.45) is 5.16 Å². The smallest absolute Gasteiger partial charge is 0.356 e. The lowest BCUT2D eigenvalue weighted by molar-refractivity contribution is -0.154. The van der Waals surface area contributed by atoms with Crippen molar-refractivity contribution < 1.29 is 28.7 Å². The number of hydrogen-bond donors (Lipinski definition) is 2. The molecule has 2 aliphatic heterocycles. The molecule has 0 saturated carbocycles. The third-order valence-electron chi connectivity index (χ3n) is 6.36. The molecule has 2 aliphatic rings. The normalized spacial score (nSPS) is 18.4. The number of fused-ring (bicyclic) bond motifs is 1. The molecule has 42 heavy (non-hydrogen) atoms. The summed E-state index contributed by atoms with van der Waals surface area (Å²) in [6, 6.07) is 17.9. The molecule has 3 N–H and O–H groups in total. The van der Waals surface area contributed by atoms with Gasteiger partial charge in [-0.2, -0.15) is 0 Å². The van der Waals surface area contributed by atoms with E-state index >= 15 is 0 Å². The van der Waals surface area contributed by atoms with Gasteiger partial charge in [-0.3, -0.25) is 14.5 Å². The molecule has 1 fully saturated rings. The van der Waals surface area contributed by atoms with Gasteiger partial charge in [0, 0.05) is 23.1 Å². The molecule has 5 rings (SSSR count).